The van der Waals surface area contributed by atoms with Crippen LogP contribution in [0.15, 0.2) is 30.3 Å². The van der Waals surface area contributed by atoms with Gasteiger partial charge in [0.25, 0.3) is 17.7 Å². The lowest BCUT2D eigenvalue weighted by Crippen LogP contribution is -2.61. The predicted molar refractivity (Wildman–Crippen MR) is 151 cm³/mol. The first-order valence-corrected chi connectivity index (χ1v) is 14.6. The molecule has 2 N–H and O–H groups in total. The smallest absolute Gasteiger partial charge is 0.258 e. The van der Waals surface area contributed by atoms with Crippen molar-refractivity contribution in [2.45, 2.75) is 56.2 Å². The molecule has 5 rings (SSSR count). The van der Waals surface area contributed by atoms with Gasteiger partial charge in [0.15, 0.2) is 5.60 Å². The Bertz CT molecular complexity index is 1310. The second-order valence-electron chi connectivity index (χ2n) is 11.5. The molecular formula is C29H32Cl2F4N4O3. The number of anilines is 1. The molecule has 2 aromatic carbocycles. The number of likely N-dealkylation sites (tertiary alicyclic amines) is 3. The standard InChI is InChI=1S/C29H32Cl2F4N4O3/c1-28(42,17-10-18(32)12-19(33)11-17)27(41)38-6-2-22(3-7-38)39-15-21(16-39)36-20-13-23(30)25(24(31)14-20)26(40)37-8-4-29(34,35)5-9-37/h10-14,21-22,36,42H,2-9,15-16H2,1H3/t28-/m0/s1. The molecule has 0 radical (unpaired) electrons. The van der Waals surface area contributed by atoms with Gasteiger partial charge in [0.1, 0.15) is 11.6 Å². The number of carbonyl (C=O) groups is 2. The van der Waals surface area contributed by atoms with Gasteiger partial charge in [-0.25, -0.2) is 17.6 Å². The molecule has 3 aliphatic rings. The van der Waals surface area contributed by atoms with E-state index in [2.05, 4.69) is 10.2 Å². The van der Waals surface area contributed by atoms with E-state index in [9.17, 15) is 32.3 Å². The number of halogens is 6. The Morgan fingerprint density at radius 1 is 0.929 bits per heavy atom. The number of piperidine rings is 2. The summed E-state index contributed by atoms with van der Waals surface area (Å²) in [5.41, 5.74) is -1.43. The zero-order chi connectivity index (χ0) is 30.4. The summed E-state index contributed by atoms with van der Waals surface area (Å²) in [6, 6.07) is 6.17. The highest BCUT2D eigenvalue weighted by atomic mass is 35.5. The third-order valence-corrected chi connectivity index (χ3v) is 9.02. The van der Waals surface area contributed by atoms with Gasteiger partial charge in [-0.2, -0.15) is 0 Å². The van der Waals surface area contributed by atoms with Crippen LogP contribution in [0.5, 0.6) is 0 Å². The van der Waals surface area contributed by atoms with Gasteiger partial charge in [0.2, 0.25) is 0 Å². The topological polar surface area (TPSA) is 76.1 Å². The summed E-state index contributed by atoms with van der Waals surface area (Å²) in [5, 5.41) is 14.5. The van der Waals surface area contributed by atoms with Crippen LogP contribution < -0.4 is 5.32 Å². The second-order valence-corrected chi connectivity index (χ2v) is 12.3. The average molecular weight is 631 g/mol. The number of amides is 2. The van der Waals surface area contributed by atoms with Gasteiger partial charge in [0, 0.05) is 69.9 Å². The zero-order valence-corrected chi connectivity index (χ0v) is 24.5. The van der Waals surface area contributed by atoms with Crippen molar-refractivity contribution >= 4 is 40.7 Å². The van der Waals surface area contributed by atoms with Crippen molar-refractivity contribution < 1.29 is 32.3 Å². The highest BCUT2D eigenvalue weighted by Crippen LogP contribution is 2.35. The van der Waals surface area contributed by atoms with E-state index in [0.29, 0.717) is 37.7 Å². The van der Waals surface area contributed by atoms with Crippen LogP contribution in [0.25, 0.3) is 0 Å². The van der Waals surface area contributed by atoms with Crippen molar-refractivity contribution in [2.75, 3.05) is 44.6 Å². The van der Waals surface area contributed by atoms with Gasteiger partial charge < -0.3 is 20.2 Å². The van der Waals surface area contributed by atoms with E-state index in [1.165, 1.54) is 16.7 Å². The quantitative estimate of drug-likeness (QED) is 0.433. The minimum atomic E-state index is -2.77. The van der Waals surface area contributed by atoms with Gasteiger partial charge in [0.05, 0.1) is 21.7 Å². The molecule has 13 heteroatoms. The summed E-state index contributed by atoms with van der Waals surface area (Å²) < 4.78 is 54.3. The van der Waals surface area contributed by atoms with Gasteiger partial charge in [-0.05, 0) is 49.6 Å². The Morgan fingerprint density at radius 3 is 2.02 bits per heavy atom. The number of nitrogens with zero attached hydrogens (tertiary/aromatic N) is 3. The van der Waals surface area contributed by atoms with E-state index in [4.69, 9.17) is 23.2 Å². The van der Waals surface area contributed by atoms with Crippen molar-refractivity contribution in [3.63, 3.8) is 0 Å². The van der Waals surface area contributed by atoms with Crippen LogP contribution in [0.4, 0.5) is 23.2 Å². The maximum atomic E-state index is 13.7. The largest absolute Gasteiger partial charge is 0.380 e. The lowest BCUT2D eigenvalue weighted by Gasteiger charge is -2.48. The molecule has 3 heterocycles. The van der Waals surface area contributed by atoms with Gasteiger partial charge >= 0.3 is 0 Å². The van der Waals surface area contributed by atoms with E-state index >= 15 is 0 Å². The van der Waals surface area contributed by atoms with Crippen LogP contribution in [0.1, 0.15) is 48.5 Å². The molecule has 3 saturated heterocycles. The lowest BCUT2D eigenvalue weighted by atomic mass is 9.91. The van der Waals surface area contributed by atoms with E-state index < -0.39 is 47.8 Å². The number of benzene rings is 2. The molecule has 1 atom stereocenters. The number of hydrogen-bond donors (Lipinski definition) is 2. The van der Waals surface area contributed by atoms with Crippen molar-refractivity contribution in [2.24, 2.45) is 0 Å². The number of aliphatic hydroxyl groups is 1. The molecular weight excluding hydrogens is 599 g/mol. The minimum absolute atomic E-state index is 0.0597. The average Bonchev–Trinajstić information content (AvgIpc) is 2.89. The van der Waals surface area contributed by atoms with Crippen LogP contribution in [0, 0.1) is 11.6 Å². The Balaban J connectivity index is 1.11. The fourth-order valence-electron chi connectivity index (χ4n) is 5.89. The zero-order valence-electron chi connectivity index (χ0n) is 23.0. The number of carbonyl (C=O) groups excluding carboxylic acids is 2. The summed E-state index contributed by atoms with van der Waals surface area (Å²) in [5.74, 6) is -5.55. The van der Waals surface area contributed by atoms with Crippen molar-refractivity contribution in [3.05, 3.63) is 63.1 Å². The summed E-state index contributed by atoms with van der Waals surface area (Å²) in [4.78, 5) is 31.1. The van der Waals surface area contributed by atoms with E-state index in [1.54, 1.807) is 12.1 Å². The molecule has 3 fully saturated rings. The van der Waals surface area contributed by atoms with E-state index in [0.717, 1.165) is 25.2 Å². The molecule has 0 spiro atoms. The van der Waals surface area contributed by atoms with Gasteiger partial charge in [-0.15, -0.1) is 0 Å². The van der Waals surface area contributed by atoms with Crippen LogP contribution in [-0.4, -0.2) is 88.9 Å². The number of alkyl halides is 2. The maximum Gasteiger partial charge on any atom is 0.258 e. The minimum Gasteiger partial charge on any atom is -0.380 e. The van der Waals surface area contributed by atoms with Crippen LogP contribution in [-0.2, 0) is 10.4 Å². The Labute approximate surface area is 251 Å². The first-order chi connectivity index (χ1) is 19.7. The summed E-state index contributed by atoms with van der Waals surface area (Å²) >= 11 is 12.8. The molecule has 42 heavy (non-hydrogen) atoms. The second kappa shape index (κ2) is 11.8. The number of rotatable bonds is 6. The molecule has 0 unspecified atom stereocenters. The van der Waals surface area contributed by atoms with Gasteiger partial charge in [-0.3, -0.25) is 14.5 Å². The van der Waals surface area contributed by atoms with Crippen molar-refractivity contribution in [1.29, 1.82) is 0 Å². The number of nitrogens with one attached hydrogen (secondary N) is 1. The van der Waals surface area contributed by atoms with E-state index in [-0.39, 0.29) is 46.3 Å². The molecule has 3 aliphatic heterocycles. The third kappa shape index (κ3) is 6.49. The normalized spacial score (nSPS) is 21.5. The molecule has 0 saturated carbocycles. The number of hydrogen-bond acceptors (Lipinski definition) is 5. The molecule has 0 aliphatic carbocycles. The Kier molecular flexibility index (Phi) is 8.68. The van der Waals surface area contributed by atoms with Gasteiger partial charge in [-0.1, -0.05) is 23.2 Å². The molecule has 7 nitrogen and oxygen atoms in total. The molecule has 228 valence electrons. The molecule has 2 amide bonds. The third-order valence-electron chi connectivity index (χ3n) is 8.43. The van der Waals surface area contributed by atoms with Crippen LogP contribution in [0.2, 0.25) is 10.0 Å². The fourth-order valence-corrected chi connectivity index (χ4v) is 6.54. The first kappa shape index (κ1) is 30.8. The Hall–Kier alpha value is -2.60. The molecule has 0 bridgehead atoms. The summed E-state index contributed by atoms with van der Waals surface area (Å²) in [7, 11) is 0. The van der Waals surface area contributed by atoms with Crippen molar-refractivity contribution in [1.82, 2.24) is 14.7 Å². The first-order valence-electron chi connectivity index (χ1n) is 13.9. The Morgan fingerprint density at radius 2 is 1.48 bits per heavy atom. The summed E-state index contributed by atoms with van der Waals surface area (Å²) in [6.07, 6.45) is 0.585. The van der Waals surface area contributed by atoms with E-state index in [1.807, 2.05) is 0 Å². The highest BCUT2D eigenvalue weighted by Gasteiger charge is 2.41. The maximum absolute atomic E-state index is 13.7. The lowest BCUT2D eigenvalue weighted by molar-refractivity contribution is -0.152. The molecule has 0 aromatic heterocycles. The highest BCUT2D eigenvalue weighted by molar-refractivity contribution is 6.40. The summed E-state index contributed by atoms with van der Waals surface area (Å²) in [6.45, 7) is 3.40. The fraction of sp³-hybridized carbons (Fsp3) is 0.517. The van der Waals surface area contributed by atoms with Crippen molar-refractivity contribution in [3.8, 4) is 0 Å². The predicted octanol–water partition coefficient (Wildman–Crippen LogP) is 5.14. The van der Waals surface area contributed by atoms with Crippen LogP contribution >= 0.6 is 23.2 Å². The SMILES string of the molecule is C[C@@](O)(C(=O)N1CCC(N2CC(Nc3cc(Cl)c(C(=O)N4CCC(F)(F)CC4)c(Cl)c3)C2)CC1)c1cc(F)cc(F)c1. The monoisotopic (exact) mass is 630 g/mol. The van der Waals surface area contributed by atoms with Crippen LogP contribution in [0.3, 0.4) is 0 Å². The molecule has 2 aromatic rings.